The molecular weight excluding hydrogens is 298 g/mol. The minimum absolute atomic E-state index is 0.188. The van der Waals surface area contributed by atoms with Gasteiger partial charge in [0.2, 0.25) is 0 Å². The quantitative estimate of drug-likeness (QED) is 0.266. The molecule has 0 amide bonds. The first-order chi connectivity index (χ1) is 10.1. The molecule has 0 radical (unpaired) electrons. The molecule has 1 aliphatic rings. The van der Waals surface area contributed by atoms with Gasteiger partial charge in [0.1, 0.15) is 16.5 Å². The van der Waals surface area contributed by atoms with E-state index in [1.807, 2.05) is 0 Å². The highest BCUT2D eigenvalue weighted by atomic mass is 35.5. The number of nitro groups is 1. The highest BCUT2D eigenvalue weighted by molar-refractivity contribution is 6.29. The lowest BCUT2D eigenvalue weighted by atomic mass is 10.3. The minimum atomic E-state index is -0.754. The van der Waals surface area contributed by atoms with Crippen molar-refractivity contribution in [1.29, 1.82) is 0 Å². The van der Waals surface area contributed by atoms with Crippen molar-refractivity contribution in [1.82, 2.24) is 14.8 Å². The summed E-state index contributed by atoms with van der Waals surface area (Å²) in [7, 11) is 0. The summed E-state index contributed by atoms with van der Waals surface area (Å²) in [5.41, 5.74) is 0.858. The maximum absolute atomic E-state index is 10.7. The predicted molar refractivity (Wildman–Crippen MR) is 76.0 cm³/mol. The number of hydrazone groups is 1. The number of nitrogens with zero attached hydrogens (tertiary/aromatic N) is 5. The zero-order valence-electron chi connectivity index (χ0n) is 10.9. The molecule has 8 nitrogen and oxygen atoms in total. The molecule has 1 aromatic heterocycles. The second-order valence-corrected chi connectivity index (χ2v) is 4.61. The predicted octanol–water partition coefficient (Wildman–Crippen LogP) is 1.11. The van der Waals surface area contributed by atoms with Crippen LogP contribution in [0.5, 0.6) is 0 Å². The molecule has 1 saturated heterocycles. The Balaban J connectivity index is 2.18. The van der Waals surface area contributed by atoms with E-state index in [4.69, 9.17) is 11.6 Å². The van der Waals surface area contributed by atoms with Gasteiger partial charge in [-0.15, -0.1) is 0 Å². The lowest BCUT2D eigenvalue weighted by molar-refractivity contribution is -0.486. The standard InChI is InChI=1S/C12H12ClN5O3/c13-11-3-2-10(8-14-11)9-17-6-5-16(4-1-7-19)12(17)15-18(20)21/h1-4,7-8H,5-6,9H2/b4-1+,15-12+. The molecule has 0 saturated carbocycles. The first-order valence-electron chi connectivity index (χ1n) is 6.07. The van der Waals surface area contributed by atoms with Crippen molar-refractivity contribution in [3.8, 4) is 0 Å². The normalized spacial score (nSPS) is 16.9. The zero-order valence-corrected chi connectivity index (χ0v) is 11.7. The molecule has 1 aromatic rings. The Hall–Kier alpha value is -2.48. The van der Waals surface area contributed by atoms with Crippen LogP contribution in [0.1, 0.15) is 5.56 Å². The van der Waals surface area contributed by atoms with E-state index in [1.165, 1.54) is 12.3 Å². The van der Waals surface area contributed by atoms with E-state index < -0.39 is 5.03 Å². The molecule has 0 aromatic carbocycles. The van der Waals surface area contributed by atoms with Crippen LogP contribution < -0.4 is 0 Å². The van der Waals surface area contributed by atoms with Gasteiger partial charge in [0.25, 0.3) is 5.96 Å². The molecule has 0 N–H and O–H groups in total. The Morgan fingerprint density at radius 3 is 2.90 bits per heavy atom. The van der Waals surface area contributed by atoms with E-state index in [1.54, 1.807) is 28.1 Å². The highest BCUT2D eigenvalue weighted by Gasteiger charge is 2.28. The zero-order chi connectivity index (χ0) is 15.2. The van der Waals surface area contributed by atoms with E-state index in [0.717, 1.165) is 5.56 Å². The first kappa shape index (κ1) is 14.9. The number of carbonyl (C=O) groups excluding carboxylic acids is 1. The molecule has 0 unspecified atom stereocenters. The number of halogens is 1. The fourth-order valence-electron chi connectivity index (χ4n) is 1.95. The molecular formula is C12H12ClN5O3. The van der Waals surface area contributed by atoms with Gasteiger partial charge in [-0.25, -0.2) is 15.1 Å². The van der Waals surface area contributed by atoms with E-state index in [9.17, 15) is 14.9 Å². The summed E-state index contributed by atoms with van der Waals surface area (Å²) < 4.78 is 0. The van der Waals surface area contributed by atoms with Crippen molar-refractivity contribution in [2.45, 2.75) is 6.54 Å². The van der Waals surface area contributed by atoms with Crippen LogP contribution >= 0.6 is 11.6 Å². The van der Waals surface area contributed by atoms with Crippen molar-refractivity contribution >= 4 is 23.8 Å². The summed E-state index contributed by atoms with van der Waals surface area (Å²) >= 11 is 5.72. The van der Waals surface area contributed by atoms with Gasteiger partial charge >= 0.3 is 0 Å². The lowest BCUT2D eigenvalue weighted by Gasteiger charge is -2.18. The summed E-state index contributed by atoms with van der Waals surface area (Å²) in [6, 6.07) is 3.45. The van der Waals surface area contributed by atoms with Crippen LogP contribution in [0.3, 0.4) is 0 Å². The number of pyridine rings is 1. The number of guanidine groups is 1. The molecule has 110 valence electrons. The Bertz CT molecular complexity index is 587. The Kier molecular flexibility index (Phi) is 4.83. The fourth-order valence-corrected chi connectivity index (χ4v) is 2.07. The molecule has 0 spiro atoms. The van der Waals surface area contributed by atoms with Gasteiger partial charge < -0.3 is 9.80 Å². The summed E-state index contributed by atoms with van der Waals surface area (Å²) in [5.74, 6) is 0.188. The van der Waals surface area contributed by atoms with E-state index >= 15 is 0 Å². The van der Waals surface area contributed by atoms with E-state index in [-0.39, 0.29) is 5.96 Å². The third-order valence-corrected chi connectivity index (χ3v) is 3.05. The molecule has 0 atom stereocenters. The molecule has 1 fully saturated rings. The topological polar surface area (TPSA) is 91.9 Å². The van der Waals surface area contributed by atoms with E-state index in [0.29, 0.717) is 31.1 Å². The van der Waals surface area contributed by atoms with Crippen LogP contribution in [0.4, 0.5) is 0 Å². The van der Waals surface area contributed by atoms with Gasteiger partial charge in [-0.05, 0) is 17.7 Å². The Labute approximate surface area is 125 Å². The van der Waals surface area contributed by atoms with Crippen LogP contribution in [-0.4, -0.2) is 45.2 Å². The molecule has 2 heterocycles. The van der Waals surface area contributed by atoms with Crippen LogP contribution in [0.25, 0.3) is 0 Å². The second-order valence-electron chi connectivity index (χ2n) is 4.22. The van der Waals surface area contributed by atoms with Gasteiger partial charge in [-0.1, -0.05) is 17.7 Å². The molecule has 0 bridgehead atoms. The number of hydrogen-bond acceptors (Lipinski definition) is 4. The number of aromatic nitrogens is 1. The summed E-state index contributed by atoms with van der Waals surface area (Å²) in [6.45, 7) is 1.48. The first-order valence-corrected chi connectivity index (χ1v) is 6.45. The molecule has 9 heteroatoms. The van der Waals surface area contributed by atoms with Crippen molar-refractivity contribution in [3.63, 3.8) is 0 Å². The third-order valence-electron chi connectivity index (χ3n) is 2.83. The number of hydrogen-bond donors (Lipinski definition) is 0. The molecule has 0 aliphatic carbocycles. The third kappa shape index (κ3) is 3.99. The van der Waals surface area contributed by atoms with Crippen LogP contribution in [-0.2, 0) is 11.3 Å². The average molecular weight is 310 g/mol. The maximum Gasteiger partial charge on any atom is 0.278 e. The Morgan fingerprint density at radius 2 is 2.29 bits per heavy atom. The SMILES string of the molecule is O=C/C=C/N1CCN(Cc2ccc(Cl)nc2)/C1=N/[N+](=O)[O-]. The van der Waals surface area contributed by atoms with Gasteiger partial charge in [0.05, 0.1) is 0 Å². The summed E-state index contributed by atoms with van der Waals surface area (Å²) in [4.78, 5) is 28.3. The molecule has 1 aliphatic heterocycles. The summed E-state index contributed by atoms with van der Waals surface area (Å²) in [5, 5.41) is 13.7. The minimum Gasteiger partial charge on any atom is -0.331 e. The number of carbonyl (C=O) groups is 1. The average Bonchev–Trinajstić information content (AvgIpc) is 2.81. The number of aldehydes is 1. The van der Waals surface area contributed by atoms with Crippen LogP contribution in [0.15, 0.2) is 35.7 Å². The molecule has 2 rings (SSSR count). The fraction of sp³-hybridized carbons (Fsp3) is 0.250. The Morgan fingerprint density at radius 1 is 1.48 bits per heavy atom. The van der Waals surface area contributed by atoms with Crippen LogP contribution in [0, 0.1) is 10.1 Å². The van der Waals surface area contributed by atoms with Crippen LogP contribution in [0.2, 0.25) is 5.15 Å². The second kappa shape index (κ2) is 6.80. The monoisotopic (exact) mass is 309 g/mol. The molecule has 21 heavy (non-hydrogen) atoms. The van der Waals surface area contributed by atoms with E-state index in [2.05, 4.69) is 10.1 Å². The highest BCUT2D eigenvalue weighted by Crippen LogP contribution is 2.15. The van der Waals surface area contributed by atoms with Gasteiger partial charge in [-0.2, -0.15) is 0 Å². The number of allylic oxidation sites excluding steroid dienone is 1. The van der Waals surface area contributed by atoms with Crippen molar-refractivity contribution in [3.05, 3.63) is 51.4 Å². The van der Waals surface area contributed by atoms with Gasteiger partial charge in [0, 0.05) is 32.0 Å². The maximum atomic E-state index is 10.7. The summed E-state index contributed by atoms with van der Waals surface area (Å²) in [6.07, 6.45) is 4.95. The van der Waals surface area contributed by atoms with Gasteiger partial charge in [0.15, 0.2) is 5.03 Å². The van der Waals surface area contributed by atoms with Crippen molar-refractivity contribution in [2.75, 3.05) is 13.1 Å². The number of rotatable bonds is 5. The lowest BCUT2D eigenvalue weighted by Crippen LogP contribution is -2.31. The largest absolute Gasteiger partial charge is 0.331 e. The van der Waals surface area contributed by atoms with Gasteiger partial charge in [-0.3, -0.25) is 4.79 Å². The van der Waals surface area contributed by atoms with Crippen molar-refractivity contribution < 1.29 is 9.83 Å². The van der Waals surface area contributed by atoms with Crippen molar-refractivity contribution in [2.24, 2.45) is 5.10 Å². The smallest absolute Gasteiger partial charge is 0.278 e.